The number of carbonyl (C=O) groups is 1. The maximum Gasteiger partial charge on any atom is 0.243 e. The average molecular weight is 419 g/mol. The van der Waals surface area contributed by atoms with Crippen molar-refractivity contribution in [2.24, 2.45) is 5.92 Å². The van der Waals surface area contributed by atoms with Crippen LogP contribution in [0.5, 0.6) is 0 Å². The molecule has 0 unspecified atom stereocenters. The Balaban J connectivity index is 1.61. The minimum Gasteiger partial charge on any atom is -0.340 e. The Morgan fingerprint density at radius 2 is 1.62 bits per heavy atom. The van der Waals surface area contributed by atoms with Crippen LogP contribution in [0.2, 0.25) is 0 Å². The molecule has 1 atom stereocenters. The molecule has 1 aromatic carbocycles. The normalized spacial score (nSPS) is 16.8. The van der Waals surface area contributed by atoms with E-state index in [-0.39, 0.29) is 11.8 Å². The molecule has 0 saturated carbocycles. The standard InChI is InChI=1S/C21H30N4O3S/c1-15-6-8-20(9-7-15)29(27,28)24-12-10-23(11-13-24)21(26)16(2)14-25-19(5)17(3)18(4)22-25/h6-9,16H,10-14H2,1-5H3/t16-/m1/s1. The fraction of sp³-hybridized carbons (Fsp3) is 0.524. The largest absolute Gasteiger partial charge is 0.340 e. The molecule has 1 saturated heterocycles. The number of sulfonamides is 1. The van der Waals surface area contributed by atoms with Crippen LogP contribution in [0.15, 0.2) is 29.2 Å². The van der Waals surface area contributed by atoms with Crippen molar-refractivity contribution in [1.82, 2.24) is 19.0 Å². The molecule has 2 aromatic rings. The van der Waals surface area contributed by atoms with Crippen molar-refractivity contribution in [2.75, 3.05) is 26.2 Å². The fourth-order valence-corrected chi connectivity index (χ4v) is 5.04. The molecule has 8 heteroatoms. The summed E-state index contributed by atoms with van der Waals surface area (Å²) in [6.07, 6.45) is 0. The molecular weight excluding hydrogens is 388 g/mol. The molecule has 0 bridgehead atoms. The number of nitrogens with zero attached hydrogens (tertiary/aromatic N) is 4. The summed E-state index contributed by atoms with van der Waals surface area (Å²) >= 11 is 0. The number of hydrogen-bond acceptors (Lipinski definition) is 4. The van der Waals surface area contributed by atoms with E-state index >= 15 is 0 Å². The van der Waals surface area contributed by atoms with Gasteiger partial charge in [-0.2, -0.15) is 9.40 Å². The Labute approximate surface area is 173 Å². The zero-order valence-electron chi connectivity index (χ0n) is 17.8. The summed E-state index contributed by atoms with van der Waals surface area (Å²) in [6, 6.07) is 6.88. The number of rotatable bonds is 5. The summed E-state index contributed by atoms with van der Waals surface area (Å²) in [5, 5.41) is 4.52. The molecule has 7 nitrogen and oxygen atoms in total. The Morgan fingerprint density at radius 3 is 2.14 bits per heavy atom. The molecule has 3 rings (SSSR count). The van der Waals surface area contributed by atoms with Crippen LogP contribution in [0, 0.1) is 33.6 Å². The highest BCUT2D eigenvalue weighted by atomic mass is 32.2. The lowest BCUT2D eigenvalue weighted by atomic mass is 10.1. The van der Waals surface area contributed by atoms with E-state index in [0.29, 0.717) is 37.6 Å². The number of piperazine rings is 1. The van der Waals surface area contributed by atoms with Gasteiger partial charge in [-0.3, -0.25) is 9.48 Å². The van der Waals surface area contributed by atoms with Crippen LogP contribution < -0.4 is 0 Å². The second-order valence-corrected chi connectivity index (χ2v) is 9.86. The van der Waals surface area contributed by atoms with Crippen LogP contribution in [0.3, 0.4) is 0 Å². The Morgan fingerprint density at radius 1 is 1.03 bits per heavy atom. The van der Waals surface area contributed by atoms with E-state index in [2.05, 4.69) is 5.10 Å². The molecular formula is C21H30N4O3S. The summed E-state index contributed by atoms with van der Waals surface area (Å²) < 4.78 is 29.0. The molecule has 1 fully saturated rings. The molecule has 0 spiro atoms. The third kappa shape index (κ3) is 4.38. The van der Waals surface area contributed by atoms with Gasteiger partial charge in [-0.1, -0.05) is 24.6 Å². The van der Waals surface area contributed by atoms with Crippen molar-refractivity contribution in [3.63, 3.8) is 0 Å². The van der Waals surface area contributed by atoms with Gasteiger partial charge in [0.15, 0.2) is 0 Å². The first kappa shape index (κ1) is 21.5. The molecule has 0 N–H and O–H groups in total. The minimum absolute atomic E-state index is 0.0441. The quantitative estimate of drug-likeness (QED) is 0.747. The first-order valence-corrected chi connectivity index (χ1v) is 11.4. The van der Waals surface area contributed by atoms with Gasteiger partial charge in [-0.05, 0) is 45.4 Å². The molecule has 0 radical (unpaired) electrons. The molecule has 1 aliphatic rings. The zero-order valence-corrected chi connectivity index (χ0v) is 18.7. The number of amides is 1. The van der Waals surface area contributed by atoms with E-state index in [0.717, 1.165) is 22.5 Å². The van der Waals surface area contributed by atoms with Gasteiger partial charge in [0.25, 0.3) is 0 Å². The second kappa shape index (κ2) is 8.28. The summed E-state index contributed by atoms with van der Waals surface area (Å²) in [5.41, 5.74) is 4.24. The Bertz CT molecular complexity index is 988. The number of aryl methyl sites for hydroxylation is 2. The smallest absolute Gasteiger partial charge is 0.243 e. The summed E-state index contributed by atoms with van der Waals surface area (Å²) in [6.45, 7) is 11.8. The summed E-state index contributed by atoms with van der Waals surface area (Å²) in [7, 11) is -3.52. The van der Waals surface area contributed by atoms with Crippen LogP contribution in [0.4, 0.5) is 0 Å². The predicted molar refractivity (Wildman–Crippen MR) is 112 cm³/mol. The van der Waals surface area contributed by atoms with Gasteiger partial charge in [-0.25, -0.2) is 8.42 Å². The second-order valence-electron chi connectivity index (χ2n) is 7.92. The molecule has 158 valence electrons. The van der Waals surface area contributed by atoms with E-state index in [1.807, 2.05) is 39.3 Å². The lowest BCUT2D eigenvalue weighted by molar-refractivity contribution is -0.136. The van der Waals surface area contributed by atoms with E-state index in [9.17, 15) is 13.2 Å². The number of carbonyl (C=O) groups excluding carboxylic acids is 1. The van der Waals surface area contributed by atoms with Crippen molar-refractivity contribution in [3.05, 3.63) is 46.8 Å². The first-order chi connectivity index (χ1) is 13.6. The van der Waals surface area contributed by atoms with Gasteiger partial charge < -0.3 is 4.90 Å². The highest BCUT2D eigenvalue weighted by Crippen LogP contribution is 2.20. The van der Waals surface area contributed by atoms with E-state index in [1.54, 1.807) is 29.2 Å². The molecule has 0 aliphatic carbocycles. The minimum atomic E-state index is -3.52. The molecule has 29 heavy (non-hydrogen) atoms. The lowest BCUT2D eigenvalue weighted by Gasteiger charge is -2.35. The van der Waals surface area contributed by atoms with Crippen molar-refractivity contribution >= 4 is 15.9 Å². The van der Waals surface area contributed by atoms with Crippen molar-refractivity contribution in [2.45, 2.75) is 46.1 Å². The van der Waals surface area contributed by atoms with Gasteiger partial charge in [0, 0.05) is 31.9 Å². The fourth-order valence-electron chi connectivity index (χ4n) is 3.62. The first-order valence-electron chi connectivity index (χ1n) is 9.97. The van der Waals surface area contributed by atoms with E-state index in [4.69, 9.17) is 0 Å². The van der Waals surface area contributed by atoms with Crippen molar-refractivity contribution < 1.29 is 13.2 Å². The monoisotopic (exact) mass is 418 g/mol. The van der Waals surface area contributed by atoms with Crippen LogP contribution >= 0.6 is 0 Å². The zero-order chi connectivity index (χ0) is 21.3. The van der Waals surface area contributed by atoms with Crippen LogP contribution in [-0.2, 0) is 21.4 Å². The van der Waals surface area contributed by atoms with Crippen molar-refractivity contribution in [3.8, 4) is 0 Å². The topological polar surface area (TPSA) is 75.5 Å². The van der Waals surface area contributed by atoms with Gasteiger partial charge >= 0.3 is 0 Å². The average Bonchev–Trinajstić information content (AvgIpc) is 2.94. The van der Waals surface area contributed by atoms with Gasteiger partial charge in [0.2, 0.25) is 15.9 Å². The van der Waals surface area contributed by atoms with Crippen LogP contribution in [-0.4, -0.2) is 59.5 Å². The SMILES string of the molecule is Cc1ccc(S(=O)(=O)N2CCN(C(=O)[C@H](C)Cn3nc(C)c(C)c3C)CC2)cc1. The number of hydrogen-bond donors (Lipinski definition) is 0. The highest BCUT2D eigenvalue weighted by Gasteiger charge is 2.31. The third-order valence-corrected chi connectivity index (χ3v) is 7.73. The molecule has 2 heterocycles. The third-order valence-electron chi connectivity index (χ3n) is 5.82. The Kier molecular flexibility index (Phi) is 6.14. The van der Waals surface area contributed by atoms with Gasteiger partial charge in [0.05, 0.1) is 23.1 Å². The van der Waals surface area contributed by atoms with E-state index < -0.39 is 10.0 Å². The van der Waals surface area contributed by atoms with Crippen molar-refractivity contribution in [1.29, 1.82) is 0 Å². The highest BCUT2D eigenvalue weighted by molar-refractivity contribution is 7.89. The summed E-state index contributed by atoms with van der Waals surface area (Å²) in [4.78, 5) is 15.0. The van der Waals surface area contributed by atoms with Crippen LogP contribution in [0.1, 0.15) is 29.4 Å². The van der Waals surface area contributed by atoms with E-state index in [1.165, 1.54) is 4.31 Å². The number of aromatic nitrogens is 2. The van der Waals surface area contributed by atoms with Gasteiger partial charge in [-0.15, -0.1) is 0 Å². The number of benzene rings is 1. The lowest BCUT2D eigenvalue weighted by Crippen LogP contribution is -2.52. The van der Waals surface area contributed by atoms with Crippen LogP contribution in [0.25, 0.3) is 0 Å². The molecule has 1 aliphatic heterocycles. The molecule has 1 aromatic heterocycles. The predicted octanol–water partition coefficient (Wildman–Crippen LogP) is 2.29. The summed E-state index contributed by atoms with van der Waals surface area (Å²) in [5.74, 6) is -0.171. The maximum absolute atomic E-state index is 12.9. The van der Waals surface area contributed by atoms with Gasteiger partial charge in [0.1, 0.15) is 0 Å². The molecule has 1 amide bonds. The maximum atomic E-state index is 12.9. The Hall–Kier alpha value is -2.19.